The van der Waals surface area contributed by atoms with Gasteiger partial charge < -0.3 is 10.6 Å². The van der Waals surface area contributed by atoms with Crippen molar-refractivity contribution in [3.8, 4) is 0 Å². The number of amides is 2. The first-order chi connectivity index (χ1) is 18.3. The van der Waals surface area contributed by atoms with E-state index in [4.69, 9.17) is 0 Å². The number of anilines is 2. The number of hydrogen-bond acceptors (Lipinski definition) is 4. The number of ketones is 2. The summed E-state index contributed by atoms with van der Waals surface area (Å²) in [5.74, 6) is -5.95. The zero-order chi connectivity index (χ0) is 27.1. The van der Waals surface area contributed by atoms with Gasteiger partial charge in [-0.05, 0) is 38.1 Å². The highest BCUT2D eigenvalue weighted by atomic mass is 16.2. The van der Waals surface area contributed by atoms with Crippen LogP contribution in [0.15, 0.2) is 109 Å². The predicted octanol–water partition coefficient (Wildman–Crippen LogP) is 5.88. The fourth-order valence-corrected chi connectivity index (χ4v) is 4.12. The molecule has 0 aliphatic rings. The molecule has 0 saturated carbocycles. The molecule has 0 aliphatic heterocycles. The Morgan fingerprint density at radius 1 is 0.474 bits per heavy atom. The SMILES string of the molecule is Cc1ccc(NC(=O)C(C(=O)c2ccccc2)C(C(=O)Nc2ccc(C)cc2)C(=O)c2ccccc2)cc1. The van der Waals surface area contributed by atoms with Crippen LogP contribution in [-0.4, -0.2) is 23.4 Å². The molecule has 0 spiro atoms. The van der Waals surface area contributed by atoms with Crippen LogP contribution in [0.25, 0.3) is 0 Å². The molecule has 190 valence electrons. The van der Waals surface area contributed by atoms with Crippen molar-refractivity contribution in [1.82, 2.24) is 0 Å². The van der Waals surface area contributed by atoms with Gasteiger partial charge in [0.25, 0.3) is 0 Å². The second-order valence-electron chi connectivity index (χ2n) is 9.13. The maximum absolute atomic E-state index is 13.8. The highest BCUT2D eigenvalue weighted by Gasteiger charge is 2.44. The van der Waals surface area contributed by atoms with Crippen LogP contribution in [0, 0.1) is 25.7 Å². The minimum atomic E-state index is -1.61. The second kappa shape index (κ2) is 11.9. The van der Waals surface area contributed by atoms with E-state index in [2.05, 4.69) is 10.6 Å². The summed E-state index contributed by atoms with van der Waals surface area (Å²) < 4.78 is 0. The maximum atomic E-state index is 13.8. The number of Topliss-reactive ketones (excluding diaryl/α,β-unsaturated/α-hetero) is 2. The minimum absolute atomic E-state index is 0.227. The highest BCUT2D eigenvalue weighted by molar-refractivity contribution is 6.24. The number of carbonyl (C=O) groups excluding carboxylic acids is 4. The zero-order valence-corrected chi connectivity index (χ0v) is 21.2. The average molecular weight is 505 g/mol. The molecule has 0 aliphatic carbocycles. The zero-order valence-electron chi connectivity index (χ0n) is 21.2. The van der Waals surface area contributed by atoms with E-state index in [1.54, 1.807) is 84.9 Å². The Balaban J connectivity index is 1.78. The third kappa shape index (κ3) is 6.28. The summed E-state index contributed by atoms with van der Waals surface area (Å²) in [7, 11) is 0. The van der Waals surface area contributed by atoms with E-state index in [0.29, 0.717) is 11.4 Å². The van der Waals surface area contributed by atoms with Crippen LogP contribution in [0.4, 0.5) is 11.4 Å². The third-order valence-corrected chi connectivity index (χ3v) is 6.22. The number of carbonyl (C=O) groups is 4. The fraction of sp³-hybridized carbons (Fsp3) is 0.125. The van der Waals surface area contributed by atoms with Crippen molar-refractivity contribution in [2.75, 3.05) is 10.6 Å². The summed E-state index contributed by atoms with van der Waals surface area (Å²) in [6.45, 7) is 3.83. The first-order valence-electron chi connectivity index (χ1n) is 12.3. The largest absolute Gasteiger partial charge is 0.325 e. The normalized spacial score (nSPS) is 12.2. The van der Waals surface area contributed by atoms with Gasteiger partial charge in [0.15, 0.2) is 11.6 Å². The van der Waals surface area contributed by atoms with Crippen LogP contribution < -0.4 is 10.6 Å². The number of rotatable bonds is 9. The topological polar surface area (TPSA) is 92.3 Å². The summed E-state index contributed by atoms with van der Waals surface area (Å²) in [5, 5.41) is 5.48. The van der Waals surface area contributed by atoms with Crippen molar-refractivity contribution < 1.29 is 19.2 Å². The Bertz CT molecular complexity index is 1320. The van der Waals surface area contributed by atoms with E-state index in [0.717, 1.165) is 11.1 Å². The van der Waals surface area contributed by atoms with E-state index >= 15 is 0 Å². The van der Waals surface area contributed by atoms with Crippen molar-refractivity contribution in [3.05, 3.63) is 131 Å². The van der Waals surface area contributed by atoms with E-state index in [1.807, 2.05) is 38.1 Å². The quantitative estimate of drug-likeness (QED) is 0.220. The Hall–Kier alpha value is -4.84. The molecule has 4 aromatic carbocycles. The van der Waals surface area contributed by atoms with Crippen LogP contribution >= 0.6 is 0 Å². The van der Waals surface area contributed by atoms with Gasteiger partial charge in [-0.25, -0.2) is 0 Å². The molecule has 0 bridgehead atoms. The summed E-state index contributed by atoms with van der Waals surface area (Å²) in [6.07, 6.45) is 0. The van der Waals surface area contributed by atoms with Gasteiger partial charge in [0, 0.05) is 22.5 Å². The molecule has 0 fully saturated rings. The van der Waals surface area contributed by atoms with Crippen LogP contribution in [-0.2, 0) is 9.59 Å². The number of nitrogens with one attached hydrogen (secondary N) is 2. The molecule has 2 N–H and O–H groups in total. The predicted molar refractivity (Wildman–Crippen MR) is 148 cm³/mol. The fourth-order valence-electron chi connectivity index (χ4n) is 4.12. The molecule has 0 aromatic heterocycles. The monoisotopic (exact) mass is 504 g/mol. The lowest BCUT2D eigenvalue weighted by Crippen LogP contribution is -2.45. The van der Waals surface area contributed by atoms with Gasteiger partial charge >= 0.3 is 0 Å². The average Bonchev–Trinajstić information content (AvgIpc) is 2.94. The van der Waals surface area contributed by atoms with Gasteiger partial charge in [-0.3, -0.25) is 19.2 Å². The van der Waals surface area contributed by atoms with Crippen molar-refractivity contribution in [2.24, 2.45) is 11.8 Å². The standard InChI is InChI=1S/C32H28N2O4/c1-21-13-17-25(18-14-21)33-31(37)27(29(35)23-9-5-3-6-10-23)28(30(36)24-11-7-4-8-12-24)32(38)34-26-19-15-22(2)16-20-26/h3-20,27-28H,1-2H3,(H,33,37)(H,34,38). The summed E-state index contributed by atoms with van der Waals surface area (Å²) in [6, 6.07) is 30.5. The molecule has 4 rings (SSSR count). The van der Waals surface area contributed by atoms with Crippen LogP contribution in [0.3, 0.4) is 0 Å². The van der Waals surface area contributed by atoms with Crippen LogP contribution in [0.1, 0.15) is 31.8 Å². The molecule has 2 unspecified atom stereocenters. The highest BCUT2D eigenvalue weighted by Crippen LogP contribution is 2.26. The molecular weight excluding hydrogens is 476 g/mol. The summed E-state index contributed by atoms with van der Waals surface area (Å²) >= 11 is 0. The van der Waals surface area contributed by atoms with Gasteiger partial charge in [0.05, 0.1) is 0 Å². The van der Waals surface area contributed by atoms with Gasteiger partial charge in [-0.1, -0.05) is 96.1 Å². The van der Waals surface area contributed by atoms with Crippen LogP contribution in [0.5, 0.6) is 0 Å². The van der Waals surface area contributed by atoms with E-state index in [9.17, 15) is 19.2 Å². The number of aryl methyl sites for hydroxylation is 2. The Labute approximate surface area is 221 Å². The molecule has 38 heavy (non-hydrogen) atoms. The van der Waals surface area contributed by atoms with Crippen molar-refractivity contribution in [2.45, 2.75) is 13.8 Å². The number of benzene rings is 4. The maximum Gasteiger partial charge on any atom is 0.236 e. The first kappa shape index (κ1) is 26.2. The molecule has 0 saturated heterocycles. The minimum Gasteiger partial charge on any atom is -0.325 e. The molecular formula is C32H28N2O4. The van der Waals surface area contributed by atoms with Crippen LogP contribution in [0.2, 0.25) is 0 Å². The van der Waals surface area contributed by atoms with E-state index < -0.39 is 35.2 Å². The summed E-state index contributed by atoms with van der Waals surface area (Å²) in [4.78, 5) is 55.1. The molecule has 0 heterocycles. The summed E-state index contributed by atoms with van der Waals surface area (Å²) in [5.41, 5.74) is 3.35. The van der Waals surface area contributed by atoms with Crippen molar-refractivity contribution in [3.63, 3.8) is 0 Å². The molecule has 4 aromatic rings. The molecule has 2 atom stereocenters. The number of hydrogen-bond donors (Lipinski definition) is 2. The lowest BCUT2D eigenvalue weighted by atomic mass is 9.79. The Morgan fingerprint density at radius 3 is 1.11 bits per heavy atom. The molecule has 6 heteroatoms. The lowest BCUT2D eigenvalue weighted by molar-refractivity contribution is -0.126. The van der Waals surface area contributed by atoms with Crippen molar-refractivity contribution >= 4 is 34.8 Å². The van der Waals surface area contributed by atoms with E-state index in [-0.39, 0.29) is 11.1 Å². The van der Waals surface area contributed by atoms with Gasteiger partial charge in [-0.2, -0.15) is 0 Å². The molecule has 0 radical (unpaired) electrons. The van der Waals surface area contributed by atoms with E-state index in [1.165, 1.54) is 0 Å². The third-order valence-electron chi connectivity index (χ3n) is 6.22. The molecule has 2 amide bonds. The van der Waals surface area contributed by atoms with Gasteiger partial charge in [0.1, 0.15) is 11.8 Å². The Kier molecular flexibility index (Phi) is 8.23. The second-order valence-corrected chi connectivity index (χ2v) is 9.13. The molecule has 6 nitrogen and oxygen atoms in total. The van der Waals surface area contributed by atoms with Gasteiger partial charge in [0.2, 0.25) is 11.8 Å². The first-order valence-corrected chi connectivity index (χ1v) is 12.3. The Morgan fingerprint density at radius 2 is 0.789 bits per heavy atom. The van der Waals surface area contributed by atoms with Gasteiger partial charge in [-0.15, -0.1) is 0 Å². The smallest absolute Gasteiger partial charge is 0.236 e. The van der Waals surface area contributed by atoms with Crippen molar-refractivity contribution in [1.29, 1.82) is 0 Å². The lowest BCUT2D eigenvalue weighted by Gasteiger charge is -2.24.